The Labute approximate surface area is 183 Å². The van der Waals surface area contributed by atoms with Crippen molar-refractivity contribution in [1.29, 1.82) is 0 Å². The molecule has 1 aliphatic rings. The van der Waals surface area contributed by atoms with Crippen molar-refractivity contribution in [3.05, 3.63) is 69.8 Å². The Morgan fingerprint density at radius 3 is 2.22 bits per heavy atom. The Hall–Kier alpha value is -4.08. The first kappa shape index (κ1) is 22.6. The lowest BCUT2D eigenvalue weighted by Crippen LogP contribution is -2.41. The number of ketones is 1. The Bertz CT molecular complexity index is 1090. The molecule has 10 nitrogen and oxygen atoms in total. The number of hydrogen-bond acceptors (Lipinski definition) is 6. The van der Waals surface area contributed by atoms with Crippen LogP contribution in [0.25, 0.3) is 0 Å². The molecular formula is C22H22N4O6. The Morgan fingerprint density at radius 2 is 1.69 bits per heavy atom. The van der Waals surface area contributed by atoms with Crippen molar-refractivity contribution in [2.75, 3.05) is 11.9 Å². The van der Waals surface area contributed by atoms with E-state index in [1.54, 1.807) is 26.0 Å². The number of amides is 4. The van der Waals surface area contributed by atoms with Crippen LogP contribution in [-0.2, 0) is 15.1 Å². The summed E-state index contributed by atoms with van der Waals surface area (Å²) < 4.78 is 0. The molecule has 2 aromatic carbocycles. The number of non-ortho nitro benzene ring substituents is 1. The number of anilines is 1. The standard InChI is InChI=1S/C22H22N4O6/c1-13(2)19(28)23-16-8-4-14(5-9-16)18(27)12-25-20(29)22(3,24-21(25)30)15-6-10-17(11-7-15)26(31)32/h4-11,13H,12H2,1-3H3,(H,23,28)(H,24,30)/t22-/m0/s1. The van der Waals surface area contributed by atoms with Gasteiger partial charge in [-0.25, -0.2) is 4.79 Å². The molecule has 1 atom stereocenters. The second kappa shape index (κ2) is 8.58. The molecule has 2 N–H and O–H groups in total. The fourth-order valence-corrected chi connectivity index (χ4v) is 3.21. The van der Waals surface area contributed by atoms with Gasteiger partial charge in [0.1, 0.15) is 5.54 Å². The first-order valence-corrected chi connectivity index (χ1v) is 9.86. The predicted molar refractivity (Wildman–Crippen MR) is 115 cm³/mol. The zero-order valence-electron chi connectivity index (χ0n) is 17.7. The van der Waals surface area contributed by atoms with Crippen molar-refractivity contribution in [2.45, 2.75) is 26.3 Å². The van der Waals surface area contributed by atoms with Gasteiger partial charge in [-0.05, 0) is 48.9 Å². The topological polar surface area (TPSA) is 139 Å². The smallest absolute Gasteiger partial charge is 0.325 e. The third-order valence-electron chi connectivity index (χ3n) is 5.23. The molecule has 0 aliphatic carbocycles. The van der Waals surface area contributed by atoms with E-state index in [1.807, 2.05) is 0 Å². The van der Waals surface area contributed by atoms with Gasteiger partial charge in [-0.1, -0.05) is 13.8 Å². The maximum absolute atomic E-state index is 13.0. The van der Waals surface area contributed by atoms with Crippen LogP contribution in [-0.4, -0.2) is 40.0 Å². The summed E-state index contributed by atoms with van der Waals surface area (Å²) >= 11 is 0. The van der Waals surface area contributed by atoms with Gasteiger partial charge >= 0.3 is 6.03 Å². The molecule has 1 fully saturated rings. The van der Waals surface area contributed by atoms with Crippen LogP contribution in [0.4, 0.5) is 16.2 Å². The van der Waals surface area contributed by atoms with Crippen molar-refractivity contribution in [2.24, 2.45) is 5.92 Å². The minimum Gasteiger partial charge on any atom is -0.326 e. The Balaban J connectivity index is 1.73. The number of imide groups is 1. The fraction of sp³-hybridized carbons (Fsp3) is 0.273. The highest BCUT2D eigenvalue weighted by Gasteiger charge is 2.49. The summed E-state index contributed by atoms with van der Waals surface area (Å²) in [5, 5.41) is 16.1. The number of nitro benzene ring substituents is 1. The molecule has 1 saturated heterocycles. The lowest BCUT2D eigenvalue weighted by molar-refractivity contribution is -0.384. The number of urea groups is 1. The maximum Gasteiger partial charge on any atom is 0.325 e. The predicted octanol–water partition coefficient (Wildman–Crippen LogP) is 2.84. The molecule has 3 rings (SSSR count). The van der Waals surface area contributed by atoms with Crippen LogP contribution in [0.3, 0.4) is 0 Å². The zero-order chi connectivity index (χ0) is 23.6. The SMILES string of the molecule is CC(C)C(=O)Nc1ccc(C(=O)CN2C(=O)N[C@@](C)(c3ccc([N+](=O)[O-])cc3)C2=O)cc1. The molecular weight excluding hydrogens is 416 g/mol. The summed E-state index contributed by atoms with van der Waals surface area (Å²) in [6.45, 7) is 4.53. The van der Waals surface area contributed by atoms with E-state index in [2.05, 4.69) is 10.6 Å². The number of Topliss-reactive ketones (excluding diaryl/α,β-unsaturated/α-hetero) is 1. The van der Waals surface area contributed by atoms with Crippen molar-refractivity contribution < 1.29 is 24.1 Å². The maximum atomic E-state index is 13.0. The molecule has 0 unspecified atom stereocenters. The van der Waals surface area contributed by atoms with E-state index >= 15 is 0 Å². The number of hydrogen-bond donors (Lipinski definition) is 2. The normalized spacial score (nSPS) is 17.9. The van der Waals surface area contributed by atoms with Crippen LogP contribution >= 0.6 is 0 Å². The van der Waals surface area contributed by atoms with Gasteiger partial charge in [0.2, 0.25) is 5.91 Å². The zero-order valence-corrected chi connectivity index (χ0v) is 17.7. The molecule has 1 heterocycles. The fourth-order valence-electron chi connectivity index (χ4n) is 3.21. The van der Waals surface area contributed by atoms with Crippen LogP contribution in [0, 0.1) is 16.0 Å². The van der Waals surface area contributed by atoms with Crippen LogP contribution in [0.1, 0.15) is 36.7 Å². The van der Waals surface area contributed by atoms with Gasteiger partial charge in [-0.2, -0.15) is 0 Å². The second-order valence-corrected chi connectivity index (χ2v) is 7.89. The highest BCUT2D eigenvalue weighted by Crippen LogP contribution is 2.30. The number of carbonyl (C=O) groups is 4. The average Bonchev–Trinajstić information content (AvgIpc) is 2.98. The molecule has 0 saturated carbocycles. The van der Waals surface area contributed by atoms with Crippen molar-refractivity contribution in [3.63, 3.8) is 0 Å². The number of rotatable bonds is 7. The summed E-state index contributed by atoms with van der Waals surface area (Å²) in [5.74, 6) is -1.44. The van der Waals surface area contributed by atoms with Crippen LogP contribution in [0.2, 0.25) is 0 Å². The molecule has 0 aromatic heterocycles. The van der Waals surface area contributed by atoms with Gasteiger partial charge in [0.05, 0.1) is 11.5 Å². The lowest BCUT2D eigenvalue weighted by atomic mass is 9.92. The van der Waals surface area contributed by atoms with Gasteiger partial charge in [0.25, 0.3) is 11.6 Å². The van der Waals surface area contributed by atoms with Gasteiger partial charge in [0, 0.05) is 29.3 Å². The number of carbonyl (C=O) groups excluding carboxylic acids is 4. The van der Waals surface area contributed by atoms with Crippen LogP contribution in [0.5, 0.6) is 0 Å². The van der Waals surface area contributed by atoms with E-state index in [-0.39, 0.29) is 23.1 Å². The first-order valence-electron chi connectivity index (χ1n) is 9.86. The third-order valence-corrected chi connectivity index (χ3v) is 5.23. The Morgan fingerprint density at radius 1 is 1.09 bits per heavy atom. The number of nitrogens with zero attached hydrogens (tertiary/aromatic N) is 2. The molecule has 32 heavy (non-hydrogen) atoms. The summed E-state index contributed by atoms with van der Waals surface area (Å²) in [5.41, 5.74) is -0.425. The molecule has 4 amide bonds. The summed E-state index contributed by atoms with van der Waals surface area (Å²) in [4.78, 5) is 60.9. The van der Waals surface area contributed by atoms with Crippen LogP contribution < -0.4 is 10.6 Å². The highest BCUT2D eigenvalue weighted by molar-refractivity contribution is 6.11. The van der Waals surface area contributed by atoms with Crippen molar-refractivity contribution in [3.8, 4) is 0 Å². The van der Waals surface area contributed by atoms with E-state index < -0.39 is 34.7 Å². The summed E-state index contributed by atoms with van der Waals surface area (Å²) in [6.07, 6.45) is 0. The molecule has 2 aromatic rings. The van der Waals surface area contributed by atoms with E-state index in [4.69, 9.17) is 0 Å². The second-order valence-electron chi connectivity index (χ2n) is 7.89. The molecule has 1 aliphatic heterocycles. The Kier molecular flexibility index (Phi) is 6.06. The minimum atomic E-state index is -1.45. The number of nitro groups is 1. The molecule has 0 spiro atoms. The monoisotopic (exact) mass is 438 g/mol. The van der Waals surface area contributed by atoms with Crippen molar-refractivity contribution in [1.82, 2.24) is 10.2 Å². The molecule has 166 valence electrons. The number of nitrogens with one attached hydrogen (secondary N) is 2. The minimum absolute atomic E-state index is 0.144. The van der Waals surface area contributed by atoms with E-state index in [0.29, 0.717) is 11.3 Å². The van der Waals surface area contributed by atoms with Crippen molar-refractivity contribution >= 4 is 35.0 Å². The lowest BCUT2D eigenvalue weighted by Gasteiger charge is -2.22. The van der Waals surface area contributed by atoms with Gasteiger partial charge in [-0.15, -0.1) is 0 Å². The molecule has 0 radical (unpaired) electrons. The average molecular weight is 438 g/mol. The highest BCUT2D eigenvalue weighted by atomic mass is 16.6. The first-order chi connectivity index (χ1) is 15.0. The van der Waals surface area contributed by atoms with Crippen LogP contribution in [0.15, 0.2) is 48.5 Å². The summed E-state index contributed by atoms with van der Waals surface area (Å²) in [7, 11) is 0. The number of benzene rings is 2. The molecule has 0 bridgehead atoms. The van der Waals surface area contributed by atoms with E-state index in [9.17, 15) is 29.3 Å². The quantitative estimate of drug-likeness (QED) is 0.295. The van der Waals surface area contributed by atoms with Gasteiger partial charge in [0.15, 0.2) is 5.78 Å². The summed E-state index contributed by atoms with van der Waals surface area (Å²) in [6, 6.07) is 10.7. The molecule has 10 heteroatoms. The van der Waals surface area contributed by atoms with E-state index in [1.165, 1.54) is 43.3 Å². The third kappa shape index (κ3) is 4.34. The van der Waals surface area contributed by atoms with Gasteiger partial charge < -0.3 is 10.6 Å². The largest absolute Gasteiger partial charge is 0.326 e. The van der Waals surface area contributed by atoms with Gasteiger partial charge in [-0.3, -0.25) is 29.4 Å². The van der Waals surface area contributed by atoms with E-state index in [0.717, 1.165) is 4.90 Å².